The van der Waals surface area contributed by atoms with Crippen molar-refractivity contribution in [3.05, 3.63) is 66.2 Å². The zero-order chi connectivity index (χ0) is 15.5. The molecule has 0 heterocycles. The summed E-state index contributed by atoms with van der Waals surface area (Å²) < 4.78 is 54.7. The van der Waals surface area contributed by atoms with Gasteiger partial charge in [0.05, 0.1) is 4.90 Å². The first-order valence-corrected chi connectivity index (χ1v) is 7.34. The van der Waals surface area contributed by atoms with Crippen LogP contribution in [0.3, 0.4) is 0 Å². The summed E-state index contributed by atoms with van der Waals surface area (Å²) in [4.78, 5) is 11.3. The minimum atomic E-state index is -5.14. The Bertz CT molecular complexity index is 749. The third-order valence-corrected chi connectivity index (χ3v) is 4.57. The third kappa shape index (κ3) is 3.13. The Morgan fingerprint density at radius 1 is 0.905 bits per heavy atom. The van der Waals surface area contributed by atoms with E-state index in [1.807, 2.05) is 0 Å². The molecular weight excluding hydrogens is 303 g/mol. The smallest absolute Gasteiger partial charge is 0.266 e. The molecule has 0 radical (unpaired) electrons. The van der Waals surface area contributed by atoms with E-state index in [9.17, 15) is 22.2 Å². The van der Waals surface area contributed by atoms with Gasteiger partial charge in [-0.15, -0.1) is 4.36 Å². The van der Waals surface area contributed by atoms with Crippen LogP contribution in [0, 0.1) is 0 Å². The predicted molar refractivity (Wildman–Crippen MR) is 72.1 cm³/mol. The zero-order valence-corrected chi connectivity index (χ0v) is 11.4. The Balaban J connectivity index is 2.60. The lowest BCUT2D eigenvalue weighted by Gasteiger charge is -2.13. The first-order valence-electron chi connectivity index (χ1n) is 5.82. The molecule has 0 aromatic heterocycles. The molecule has 1 atom stereocenters. The van der Waals surface area contributed by atoms with Crippen LogP contribution < -0.4 is 0 Å². The topological polar surface area (TPSA) is 46.5 Å². The molecule has 0 spiro atoms. The lowest BCUT2D eigenvalue weighted by molar-refractivity contribution is -0.0403. The van der Waals surface area contributed by atoms with Gasteiger partial charge >= 0.3 is 5.51 Å². The summed E-state index contributed by atoms with van der Waals surface area (Å²) in [5, 5.41) is 0. The third-order valence-electron chi connectivity index (χ3n) is 2.61. The lowest BCUT2D eigenvalue weighted by atomic mass is 10.2. The molecule has 2 rings (SSSR count). The second kappa shape index (κ2) is 5.69. The minimum absolute atomic E-state index is 0.0505. The van der Waals surface area contributed by atoms with E-state index in [0.29, 0.717) is 0 Å². The predicted octanol–water partition coefficient (Wildman–Crippen LogP) is 3.87. The van der Waals surface area contributed by atoms with E-state index in [1.165, 1.54) is 42.5 Å². The van der Waals surface area contributed by atoms with Crippen LogP contribution in [0.25, 0.3) is 0 Å². The fourth-order valence-electron chi connectivity index (χ4n) is 1.59. The maximum absolute atomic E-state index is 13.1. The lowest BCUT2D eigenvalue weighted by Crippen LogP contribution is -2.24. The normalized spacial score (nSPS) is 14.2. The largest absolute Gasteiger partial charge is 0.484 e. The van der Waals surface area contributed by atoms with Crippen molar-refractivity contribution >= 4 is 15.6 Å². The molecule has 21 heavy (non-hydrogen) atoms. The van der Waals surface area contributed by atoms with E-state index in [4.69, 9.17) is 0 Å². The molecule has 0 aliphatic heterocycles. The molecule has 0 saturated heterocycles. The van der Waals surface area contributed by atoms with E-state index in [1.54, 1.807) is 6.07 Å². The number of carbonyl (C=O) groups excluding carboxylic acids is 1. The highest BCUT2D eigenvalue weighted by molar-refractivity contribution is 7.94. The number of halogens is 3. The van der Waals surface area contributed by atoms with Gasteiger partial charge in [-0.2, -0.15) is 13.2 Å². The van der Waals surface area contributed by atoms with Crippen LogP contribution >= 0.6 is 0 Å². The molecule has 0 fully saturated rings. The van der Waals surface area contributed by atoms with Crippen LogP contribution in [0.5, 0.6) is 0 Å². The molecule has 0 bridgehead atoms. The van der Waals surface area contributed by atoms with Gasteiger partial charge in [-0.3, -0.25) is 4.79 Å². The van der Waals surface area contributed by atoms with Gasteiger partial charge in [0.1, 0.15) is 0 Å². The van der Waals surface area contributed by atoms with Gasteiger partial charge in [0.2, 0.25) is 0 Å². The fourth-order valence-corrected chi connectivity index (χ4v) is 2.93. The molecule has 1 unspecified atom stereocenters. The summed E-state index contributed by atoms with van der Waals surface area (Å²) in [6.07, 6.45) is 0. The van der Waals surface area contributed by atoms with E-state index in [-0.39, 0.29) is 5.56 Å². The van der Waals surface area contributed by atoms with Crippen LogP contribution in [0.1, 0.15) is 10.4 Å². The number of hydrogen-bond donors (Lipinski definition) is 0. The molecule has 0 aliphatic rings. The second-order valence-electron chi connectivity index (χ2n) is 4.05. The Kier molecular flexibility index (Phi) is 4.13. The molecule has 2 aromatic carbocycles. The molecule has 0 N–H and O–H groups in total. The van der Waals surface area contributed by atoms with Crippen LogP contribution in [0.15, 0.2) is 69.9 Å². The highest BCUT2D eigenvalue weighted by Gasteiger charge is 2.45. The van der Waals surface area contributed by atoms with Crippen LogP contribution in [0.4, 0.5) is 13.2 Å². The number of carbonyl (C=O) groups is 1. The summed E-state index contributed by atoms with van der Waals surface area (Å²) in [5.41, 5.74) is -5.19. The van der Waals surface area contributed by atoms with Crippen molar-refractivity contribution in [2.45, 2.75) is 10.4 Å². The van der Waals surface area contributed by atoms with E-state index < -0.39 is 26.0 Å². The van der Waals surface area contributed by atoms with E-state index in [0.717, 1.165) is 12.1 Å². The zero-order valence-electron chi connectivity index (χ0n) is 10.6. The van der Waals surface area contributed by atoms with Crippen molar-refractivity contribution in [1.29, 1.82) is 0 Å². The Morgan fingerprint density at radius 3 is 1.86 bits per heavy atom. The molecule has 110 valence electrons. The van der Waals surface area contributed by atoms with Gasteiger partial charge in [0.15, 0.2) is 9.73 Å². The Labute approximate surface area is 119 Å². The van der Waals surface area contributed by atoms with Gasteiger partial charge in [-0.05, 0) is 24.3 Å². The van der Waals surface area contributed by atoms with Crippen molar-refractivity contribution in [3.8, 4) is 0 Å². The average molecular weight is 313 g/mol. The second-order valence-corrected chi connectivity index (χ2v) is 6.22. The van der Waals surface area contributed by atoms with Gasteiger partial charge < -0.3 is 0 Å². The monoisotopic (exact) mass is 313 g/mol. The number of amides is 1. The summed E-state index contributed by atoms with van der Waals surface area (Å²) in [5.74, 6) is -1.17. The molecule has 0 aliphatic carbocycles. The van der Waals surface area contributed by atoms with Crippen LogP contribution in [0.2, 0.25) is 0 Å². The van der Waals surface area contributed by atoms with Crippen LogP contribution in [-0.2, 0) is 9.73 Å². The number of rotatable bonds is 2. The molecule has 1 amide bonds. The first-order chi connectivity index (χ1) is 9.84. The summed E-state index contributed by atoms with van der Waals surface area (Å²) in [7, 11) is -4.86. The molecule has 2 aromatic rings. The van der Waals surface area contributed by atoms with Crippen molar-refractivity contribution in [1.82, 2.24) is 0 Å². The Morgan fingerprint density at radius 2 is 1.38 bits per heavy atom. The summed E-state index contributed by atoms with van der Waals surface area (Å²) in [6, 6.07) is 13.4. The van der Waals surface area contributed by atoms with Gasteiger partial charge in [0.25, 0.3) is 5.91 Å². The van der Waals surface area contributed by atoms with Crippen LogP contribution in [-0.4, -0.2) is 15.6 Å². The van der Waals surface area contributed by atoms with Crippen molar-refractivity contribution in [2.24, 2.45) is 4.36 Å². The molecule has 7 heteroatoms. The van der Waals surface area contributed by atoms with Crippen molar-refractivity contribution in [3.63, 3.8) is 0 Å². The molecule has 0 saturated carbocycles. The highest BCUT2D eigenvalue weighted by atomic mass is 32.2. The summed E-state index contributed by atoms with van der Waals surface area (Å²) >= 11 is 0. The van der Waals surface area contributed by atoms with Gasteiger partial charge in [-0.1, -0.05) is 36.4 Å². The maximum atomic E-state index is 13.1. The van der Waals surface area contributed by atoms with Crippen molar-refractivity contribution in [2.75, 3.05) is 0 Å². The standard InChI is InChI=1S/C14H10F3NO2S/c15-14(16,17)21(20,12-9-5-2-6-10-12)18-13(19)11-7-3-1-4-8-11/h1-10H. The maximum Gasteiger partial charge on any atom is 0.484 e. The number of benzene rings is 2. The molecular formula is C14H10F3NO2S. The van der Waals surface area contributed by atoms with E-state index >= 15 is 0 Å². The number of nitrogens with zero attached hydrogens (tertiary/aromatic N) is 1. The first kappa shape index (κ1) is 15.2. The highest BCUT2D eigenvalue weighted by Crippen LogP contribution is 2.33. The average Bonchev–Trinajstić information content (AvgIpc) is 2.47. The van der Waals surface area contributed by atoms with E-state index in [2.05, 4.69) is 4.36 Å². The minimum Gasteiger partial charge on any atom is -0.266 e. The van der Waals surface area contributed by atoms with Gasteiger partial charge in [0, 0.05) is 5.56 Å². The van der Waals surface area contributed by atoms with Crippen molar-refractivity contribution < 1.29 is 22.2 Å². The Hall–Kier alpha value is -2.15. The van der Waals surface area contributed by atoms with Gasteiger partial charge in [-0.25, -0.2) is 4.21 Å². The summed E-state index contributed by atoms with van der Waals surface area (Å²) in [6.45, 7) is 0. The molecule has 3 nitrogen and oxygen atoms in total. The SMILES string of the molecule is O=C(N=S(=O)(c1ccccc1)C(F)(F)F)c1ccccc1. The number of alkyl halides is 3. The quantitative estimate of drug-likeness (QED) is 0.845. The fraction of sp³-hybridized carbons (Fsp3) is 0.0714. The number of hydrogen-bond acceptors (Lipinski definition) is 2.